The van der Waals surface area contributed by atoms with E-state index >= 15 is 0 Å². The Labute approximate surface area is 335 Å². The van der Waals surface area contributed by atoms with E-state index in [-0.39, 0.29) is 18.5 Å². The summed E-state index contributed by atoms with van der Waals surface area (Å²) in [5, 5.41) is 10.3. The predicted molar refractivity (Wildman–Crippen MR) is 246 cm³/mol. The first kappa shape index (κ1) is 33.6. The molecule has 0 fully saturated rings. The molecule has 9 aromatic carbocycles. The normalized spacial score (nSPS) is 16.0. The minimum Gasteiger partial charge on any atom is -0.0760 e. The van der Waals surface area contributed by atoms with Crippen LogP contribution in [0.25, 0.3) is 48.7 Å². The van der Waals surface area contributed by atoms with Gasteiger partial charge in [0.25, 0.3) is 0 Å². The van der Waals surface area contributed by atoms with E-state index in [9.17, 15) is 0 Å². The number of aryl methyl sites for hydroxylation is 2. The van der Waals surface area contributed by atoms with Crippen molar-refractivity contribution in [2.45, 2.75) is 19.8 Å². The molecule has 268 valence electrons. The van der Waals surface area contributed by atoms with Crippen molar-refractivity contribution in [3.63, 3.8) is 0 Å². The minimum absolute atomic E-state index is 0.00832. The molecule has 0 heterocycles. The molecule has 0 bridgehead atoms. The van der Waals surface area contributed by atoms with Gasteiger partial charge in [0.05, 0.1) is 0 Å². The fraction of sp³-hybridized carbons (Fsp3) is 0.0714. The molecule has 11 rings (SSSR count). The molecule has 0 aromatic heterocycles. The van der Waals surface area contributed by atoms with E-state index in [4.69, 9.17) is 0 Å². The lowest BCUT2D eigenvalue weighted by atomic mass is 9.34. The Bertz CT molecular complexity index is 3090. The number of allylic oxidation sites excluding steroid dienone is 5. The van der Waals surface area contributed by atoms with E-state index in [0.29, 0.717) is 0 Å². The minimum atomic E-state index is 0.00832. The molecule has 2 unspecified atom stereocenters. The quantitative estimate of drug-likeness (QED) is 0.155. The number of fused-ring (bicyclic) bond motifs is 6. The standard InChI is InChI=1S/C56H41B/c1-36-23-25-40-15-7-9-19-47(40)55(36)57(56-37(2)24-26-41-16-8-10-20-48(41)56)46-31-32-51-52(35-46)54(45-30-28-39-14-4-6-18-43(39)34-45)50-22-12-11-21-49(50)53(51)44-29-27-38-13-3-5-17-42(38)33-44/h3-35,49,53H,1-2H3. The SMILES string of the molecule is Cc1ccc2ccccc2c1B(c1ccc2c(c1)C(c1ccc3ccccc3c1)=C1C=CC=CC1C2c1ccc2ccccc2c1)c1c(C)ccc2ccccc12. The van der Waals surface area contributed by atoms with Crippen LogP contribution in [0, 0.1) is 19.8 Å². The molecule has 2 atom stereocenters. The summed E-state index contributed by atoms with van der Waals surface area (Å²) < 4.78 is 0. The van der Waals surface area contributed by atoms with Crippen molar-refractivity contribution in [1.82, 2.24) is 0 Å². The fourth-order valence-corrected chi connectivity index (χ4v) is 10.2. The molecular weight excluding hydrogens is 683 g/mol. The summed E-state index contributed by atoms with van der Waals surface area (Å²) in [6.07, 6.45) is 9.32. The second-order valence-electron chi connectivity index (χ2n) is 16.1. The van der Waals surface area contributed by atoms with E-state index in [1.165, 1.54) is 104 Å². The van der Waals surface area contributed by atoms with Gasteiger partial charge in [-0.1, -0.05) is 222 Å². The molecular formula is C56H41B. The maximum absolute atomic E-state index is 2.58. The molecule has 0 nitrogen and oxygen atoms in total. The maximum atomic E-state index is 2.58. The van der Waals surface area contributed by atoms with Crippen LogP contribution in [-0.4, -0.2) is 6.71 Å². The monoisotopic (exact) mass is 724 g/mol. The van der Waals surface area contributed by atoms with Gasteiger partial charge in [-0.05, 0) is 96.4 Å². The molecule has 0 aliphatic heterocycles. The van der Waals surface area contributed by atoms with Gasteiger partial charge in [0.15, 0.2) is 0 Å². The average Bonchev–Trinajstić information content (AvgIpc) is 3.26. The summed E-state index contributed by atoms with van der Waals surface area (Å²) in [7, 11) is 0. The topological polar surface area (TPSA) is 0 Å². The third-order valence-electron chi connectivity index (χ3n) is 12.9. The number of hydrogen-bond donors (Lipinski definition) is 0. The van der Waals surface area contributed by atoms with Crippen LogP contribution in [0.1, 0.15) is 39.3 Å². The first-order chi connectivity index (χ1) is 28.1. The first-order valence-corrected chi connectivity index (χ1v) is 20.3. The van der Waals surface area contributed by atoms with Crippen LogP contribution in [0.4, 0.5) is 0 Å². The van der Waals surface area contributed by atoms with Gasteiger partial charge in [0.2, 0.25) is 6.71 Å². The third-order valence-corrected chi connectivity index (χ3v) is 12.9. The molecule has 9 aromatic rings. The second kappa shape index (κ2) is 13.5. The van der Waals surface area contributed by atoms with Crippen molar-refractivity contribution in [2.75, 3.05) is 0 Å². The molecule has 0 amide bonds. The summed E-state index contributed by atoms with van der Waals surface area (Å²) >= 11 is 0. The predicted octanol–water partition coefficient (Wildman–Crippen LogP) is 12.1. The van der Waals surface area contributed by atoms with E-state index in [1.54, 1.807) is 0 Å². The number of benzene rings is 9. The average molecular weight is 725 g/mol. The summed E-state index contributed by atoms with van der Waals surface area (Å²) in [5.41, 5.74) is 14.8. The zero-order valence-electron chi connectivity index (χ0n) is 32.3. The van der Waals surface area contributed by atoms with Gasteiger partial charge in [0, 0.05) is 11.8 Å². The summed E-state index contributed by atoms with van der Waals surface area (Å²) in [4.78, 5) is 0. The van der Waals surface area contributed by atoms with Crippen LogP contribution in [0.5, 0.6) is 0 Å². The van der Waals surface area contributed by atoms with Gasteiger partial charge in [-0.2, -0.15) is 0 Å². The van der Waals surface area contributed by atoms with Gasteiger partial charge in [0.1, 0.15) is 0 Å². The van der Waals surface area contributed by atoms with Crippen molar-refractivity contribution in [1.29, 1.82) is 0 Å². The zero-order valence-corrected chi connectivity index (χ0v) is 32.3. The van der Waals surface area contributed by atoms with Crippen molar-refractivity contribution < 1.29 is 0 Å². The van der Waals surface area contributed by atoms with E-state index in [0.717, 1.165) is 0 Å². The Morgan fingerprint density at radius 2 is 1.02 bits per heavy atom. The zero-order chi connectivity index (χ0) is 38.0. The number of rotatable bonds is 5. The molecule has 2 aliphatic carbocycles. The molecule has 0 N–H and O–H groups in total. The van der Waals surface area contributed by atoms with Gasteiger partial charge in [-0.15, -0.1) is 0 Å². The summed E-state index contributed by atoms with van der Waals surface area (Å²) in [5.74, 6) is 0.364. The van der Waals surface area contributed by atoms with E-state index in [2.05, 4.69) is 214 Å². The highest BCUT2D eigenvalue weighted by Crippen LogP contribution is 2.50. The Balaban J connectivity index is 1.23. The Kier molecular flexibility index (Phi) is 7.97. The van der Waals surface area contributed by atoms with Gasteiger partial charge < -0.3 is 0 Å². The van der Waals surface area contributed by atoms with Crippen LogP contribution in [0.15, 0.2) is 206 Å². The first-order valence-electron chi connectivity index (χ1n) is 20.3. The molecule has 0 saturated carbocycles. The Morgan fingerprint density at radius 3 is 1.68 bits per heavy atom. The van der Waals surface area contributed by atoms with Crippen LogP contribution in [0.3, 0.4) is 0 Å². The van der Waals surface area contributed by atoms with Crippen molar-refractivity contribution in [3.8, 4) is 0 Å². The van der Waals surface area contributed by atoms with E-state index in [1.807, 2.05) is 0 Å². The van der Waals surface area contributed by atoms with Crippen molar-refractivity contribution in [3.05, 3.63) is 239 Å². The lowest BCUT2D eigenvalue weighted by Crippen LogP contribution is -2.54. The van der Waals surface area contributed by atoms with Crippen LogP contribution in [-0.2, 0) is 0 Å². The molecule has 0 spiro atoms. The van der Waals surface area contributed by atoms with E-state index < -0.39 is 0 Å². The van der Waals surface area contributed by atoms with Gasteiger partial charge in [-0.25, -0.2) is 0 Å². The molecule has 2 aliphatic rings. The highest BCUT2D eigenvalue weighted by molar-refractivity contribution is 6.98. The molecule has 0 saturated heterocycles. The Hall–Kier alpha value is -6.70. The largest absolute Gasteiger partial charge is 0.243 e. The fourth-order valence-electron chi connectivity index (χ4n) is 10.2. The maximum Gasteiger partial charge on any atom is 0.243 e. The van der Waals surface area contributed by atoms with Crippen LogP contribution < -0.4 is 16.4 Å². The summed E-state index contributed by atoms with van der Waals surface area (Å²) in [6.45, 7) is 4.61. The van der Waals surface area contributed by atoms with Crippen LogP contribution in [0.2, 0.25) is 0 Å². The smallest absolute Gasteiger partial charge is 0.0760 e. The number of hydrogen-bond acceptors (Lipinski definition) is 0. The molecule has 57 heavy (non-hydrogen) atoms. The van der Waals surface area contributed by atoms with Crippen molar-refractivity contribution in [2.24, 2.45) is 5.92 Å². The van der Waals surface area contributed by atoms with Gasteiger partial charge >= 0.3 is 0 Å². The third kappa shape index (κ3) is 5.53. The van der Waals surface area contributed by atoms with Gasteiger partial charge in [-0.3, -0.25) is 0 Å². The lowest BCUT2D eigenvalue weighted by Gasteiger charge is -2.37. The second-order valence-corrected chi connectivity index (χ2v) is 16.1. The lowest BCUT2D eigenvalue weighted by molar-refractivity contribution is 0.650. The summed E-state index contributed by atoms with van der Waals surface area (Å²) in [6, 6.07) is 66.4. The molecule has 1 heteroatoms. The molecule has 0 radical (unpaired) electrons. The highest BCUT2D eigenvalue weighted by Gasteiger charge is 2.37. The van der Waals surface area contributed by atoms with Crippen LogP contribution >= 0.6 is 0 Å². The van der Waals surface area contributed by atoms with Crippen molar-refractivity contribution >= 4 is 71.8 Å². The Morgan fingerprint density at radius 1 is 0.456 bits per heavy atom. The highest BCUT2D eigenvalue weighted by atomic mass is 14.4.